The van der Waals surface area contributed by atoms with Gasteiger partial charge in [-0.15, -0.1) is 29.8 Å². The monoisotopic (exact) mass is 873 g/mol. The molecule has 0 unspecified atom stereocenters. The molecule has 5 aromatic carbocycles. The van der Waals surface area contributed by atoms with Gasteiger partial charge in [0.1, 0.15) is 11.6 Å². The maximum Gasteiger partial charge on any atom is 0.136 e. The third kappa shape index (κ3) is 8.19. The number of phenolic OH excluding ortho intramolecular Hbond substituents is 1. The summed E-state index contributed by atoms with van der Waals surface area (Å²) >= 11 is 0. The van der Waals surface area contributed by atoms with Gasteiger partial charge >= 0.3 is 0 Å². The van der Waals surface area contributed by atoms with E-state index in [0.717, 1.165) is 61.8 Å². The summed E-state index contributed by atoms with van der Waals surface area (Å²) in [5, 5.41) is 11.9. The van der Waals surface area contributed by atoms with Crippen molar-refractivity contribution < 1.29 is 26.2 Å². The van der Waals surface area contributed by atoms with Crippen LogP contribution in [0.4, 0.5) is 17.2 Å². The van der Waals surface area contributed by atoms with Gasteiger partial charge in [-0.3, -0.25) is 4.98 Å². The predicted octanol–water partition coefficient (Wildman–Crippen LogP) is 12.7. The zero-order valence-corrected chi connectivity index (χ0v) is 33.3. The molecule has 0 spiro atoms. The third-order valence-electron chi connectivity index (χ3n) is 9.40. The van der Waals surface area contributed by atoms with Crippen molar-refractivity contribution in [2.45, 2.75) is 52.4 Å². The van der Waals surface area contributed by atoms with Crippen LogP contribution < -0.4 is 4.90 Å². The standard InChI is InChI=1S/C48H44N3O.Pt/c1-47(2,3)38-31-41(46(52)42(32-38)48(4,5)6)44-30-37(34-18-11-8-12-19-34)29-43(50-44)36-20-15-21-40(28-36)51(45-22-13-14-27-49-45)39-25-23-35(24-26-39)33-16-9-7-10-17-33;/h7-27,29-32,52H,1-6H3;/q-1;. The summed E-state index contributed by atoms with van der Waals surface area (Å²) in [6.07, 6.45) is 1.81. The first kappa shape index (κ1) is 37.4. The molecule has 0 aliphatic heterocycles. The SMILES string of the molecule is CC(C)(C)c1cc(-c2cc(-c3ccccc3)cc(-c3[c-]c(N(c4ccc(-c5ccccc5)cc4)c4ccccn4)ccc3)n2)c(O)c(C(C)(C)C)c1.[Pt]. The summed E-state index contributed by atoms with van der Waals surface area (Å²) in [6, 6.07) is 53.5. The van der Waals surface area contributed by atoms with Gasteiger partial charge in [-0.1, -0.05) is 133 Å². The van der Waals surface area contributed by atoms with Crippen molar-refractivity contribution in [3.05, 3.63) is 169 Å². The van der Waals surface area contributed by atoms with Crippen molar-refractivity contribution >= 4 is 17.2 Å². The number of pyridine rings is 2. The number of rotatable bonds is 7. The molecular weight excluding hydrogens is 830 g/mol. The molecule has 0 fully saturated rings. The molecule has 4 nitrogen and oxygen atoms in total. The average molecular weight is 874 g/mol. The zero-order valence-electron chi connectivity index (χ0n) is 31.0. The van der Waals surface area contributed by atoms with Crippen molar-refractivity contribution in [3.63, 3.8) is 0 Å². The van der Waals surface area contributed by atoms with E-state index in [0.29, 0.717) is 5.69 Å². The Morgan fingerprint density at radius 2 is 1.17 bits per heavy atom. The Hall–Kier alpha value is -5.31. The molecule has 2 aromatic heterocycles. The second kappa shape index (κ2) is 15.3. The number of aromatic hydroxyl groups is 1. The van der Waals surface area contributed by atoms with E-state index in [2.05, 4.69) is 144 Å². The molecule has 0 saturated heterocycles. The van der Waals surface area contributed by atoms with E-state index in [1.807, 2.05) is 60.8 Å². The van der Waals surface area contributed by atoms with Crippen molar-refractivity contribution in [3.8, 4) is 50.5 Å². The molecule has 7 aromatic rings. The number of phenols is 1. The molecule has 0 saturated carbocycles. The van der Waals surface area contributed by atoms with Gasteiger partial charge in [0.05, 0.1) is 5.69 Å². The largest absolute Gasteiger partial charge is 0.507 e. The van der Waals surface area contributed by atoms with Gasteiger partial charge in [0.25, 0.3) is 0 Å². The van der Waals surface area contributed by atoms with E-state index in [1.54, 1.807) is 0 Å². The number of hydrogen-bond donors (Lipinski definition) is 1. The van der Waals surface area contributed by atoms with Gasteiger partial charge in [0, 0.05) is 44.1 Å². The van der Waals surface area contributed by atoms with Crippen LogP contribution in [0.5, 0.6) is 5.75 Å². The Morgan fingerprint density at radius 3 is 1.77 bits per heavy atom. The molecular formula is C48H44N3OPt-. The molecule has 0 bridgehead atoms. The quantitative estimate of drug-likeness (QED) is 0.162. The van der Waals surface area contributed by atoms with Gasteiger partial charge < -0.3 is 10.0 Å². The predicted molar refractivity (Wildman–Crippen MR) is 216 cm³/mol. The molecule has 53 heavy (non-hydrogen) atoms. The van der Waals surface area contributed by atoms with Crippen LogP contribution >= 0.6 is 0 Å². The van der Waals surface area contributed by atoms with Crippen molar-refractivity contribution in [1.29, 1.82) is 0 Å². The fourth-order valence-corrected chi connectivity index (χ4v) is 6.49. The summed E-state index contributed by atoms with van der Waals surface area (Å²) < 4.78 is 0. The van der Waals surface area contributed by atoms with E-state index in [-0.39, 0.29) is 37.6 Å². The summed E-state index contributed by atoms with van der Waals surface area (Å²) in [5.41, 5.74) is 10.9. The Morgan fingerprint density at radius 1 is 0.566 bits per heavy atom. The first-order valence-corrected chi connectivity index (χ1v) is 17.8. The molecule has 0 amide bonds. The molecule has 0 aliphatic carbocycles. The second-order valence-corrected chi connectivity index (χ2v) is 15.3. The van der Waals surface area contributed by atoms with E-state index in [1.165, 1.54) is 5.56 Å². The Kier molecular flexibility index (Phi) is 10.8. The van der Waals surface area contributed by atoms with Crippen molar-refractivity contribution in [2.75, 3.05) is 4.90 Å². The average Bonchev–Trinajstić information content (AvgIpc) is 3.15. The third-order valence-corrected chi connectivity index (χ3v) is 9.40. The van der Waals surface area contributed by atoms with Crippen LogP contribution in [0.1, 0.15) is 52.7 Å². The number of hydrogen-bond acceptors (Lipinski definition) is 4. The first-order chi connectivity index (χ1) is 25.0. The van der Waals surface area contributed by atoms with Gasteiger partial charge in [0.2, 0.25) is 0 Å². The van der Waals surface area contributed by atoms with Crippen LogP contribution in [-0.4, -0.2) is 15.1 Å². The van der Waals surface area contributed by atoms with E-state index >= 15 is 0 Å². The van der Waals surface area contributed by atoms with Gasteiger partial charge in [-0.05, 0) is 86.4 Å². The van der Waals surface area contributed by atoms with Gasteiger partial charge in [-0.25, -0.2) is 4.98 Å². The number of benzene rings is 5. The fraction of sp³-hybridized carbons (Fsp3) is 0.167. The Labute approximate surface area is 328 Å². The van der Waals surface area contributed by atoms with Crippen molar-refractivity contribution in [2.24, 2.45) is 0 Å². The minimum atomic E-state index is -0.268. The fourth-order valence-electron chi connectivity index (χ4n) is 6.49. The van der Waals surface area contributed by atoms with Crippen LogP contribution in [0.3, 0.4) is 0 Å². The first-order valence-electron chi connectivity index (χ1n) is 17.8. The normalized spacial score (nSPS) is 11.5. The van der Waals surface area contributed by atoms with Crippen LogP contribution in [0.25, 0.3) is 44.8 Å². The maximum atomic E-state index is 11.9. The van der Waals surface area contributed by atoms with Crippen LogP contribution in [0.15, 0.2) is 152 Å². The Bertz CT molecular complexity index is 2310. The van der Waals surface area contributed by atoms with E-state index in [9.17, 15) is 5.11 Å². The molecule has 7 rings (SSSR count). The zero-order chi connectivity index (χ0) is 36.5. The molecule has 5 heteroatoms. The number of aromatic nitrogens is 2. The summed E-state index contributed by atoms with van der Waals surface area (Å²) in [7, 11) is 0. The topological polar surface area (TPSA) is 49.2 Å². The van der Waals surface area contributed by atoms with E-state index in [4.69, 9.17) is 9.97 Å². The minimum absolute atomic E-state index is 0. The molecule has 2 heterocycles. The molecule has 1 N–H and O–H groups in total. The van der Waals surface area contributed by atoms with Crippen LogP contribution in [0, 0.1) is 6.07 Å². The number of nitrogens with zero attached hydrogens (tertiary/aromatic N) is 3. The minimum Gasteiger partial charge on any atom is -0.507 e. The van der Waals surface area contributed by atoms with Gasteiger partial charge in [0.15, 0.2) is 0 Å². The molecule has 0 aliphatic rings. The number of anilines is 3. The molecule has 0 radical (unpaired) electrons. The van der Waals surface area contributed by atoms with Crippen molar-refractivity contribution in [1.82, 2.24) is 9.97 Å². The van der Waals surface area contributed by atoms with Gasteiger partial charge in [-0.2, -0.15) is 0 Å². The van der Waals surface area contributed by atoms with Crippen LogP contribution in [0.2, 0.25) is 0 Å². The molecule has 268 valence electrons. The smallest absolute Gasteiger partial charge is 0.136 e. The molecule has 0 atom stereocenters. The van der Waals surface area contributed by atoms with E-state index < -0.39 is 0 Å². The summed E-state index contributed by atoms with van der Waals surface area (Å²) in [4.78, 5) is 12.1. The van der Waals surface area contributed by atoms with Crippen LogP contribution in [-0.2, 0) is 31.9 Å². The summed E-state index contributed by atoms with van der Waals surface area (Å²) in [6.45, 7) is 13.0. The maximum absolute atomic E-state index is 11.9. The Balaban J connectivity index is 0.00000481. The summed E-state index contributed by atoms with van der Waals surface area (Å²) in [5.74, 6) is 1.05. The second-order valence-electron chi connectivity index (χ2n) is 15.3.